The van der Waals surface area contributed by atoms with Gasteiger partial charge in [-0.25, -0.2) is 19.7 Å². The van der Waals surface area contributed by atoms with E-state index in [9.17, 15) is 9.90 Å². The third-order valence-corrected chi connectivity index (χ3v) is 4.51. The van der Waals surface area contributed by atoms with Gasteiger partial charge >= 0.3 is 5.97 Å². The molecule has 0 atom stereocenters. The van der Waals surface area contributed by atoms with Crippen LogP contribution in [0.3, 0.4) is 0 Å². The number of hydrogen-bond acceptors (Lipinski definition) is 5. The van der Waals surface area contributed by atoms with Crippen LogP contribution in [0, 0.1) is 6.92 Å². The number of aryl methyl sites for hydroxylation is 2. The lowest BCUT2D eigenvalue weighted by atomic mass is 10.2. The highest BCUT2D eigenvalue weighted by atomic mass is 32.2. The molecule has 0 aliphatic heterocycles. The largest absolute Gasteiger partial charge is 0.478 e. The summed E-state index contributed by atoms with van der Waals surface area (Å²) in [6, 6.07) is 0. The van der Waals surface area contributed by atoms with Crippen LogP contribution in [0.25, 0.3) is 0 Å². The molecule has 3 rings (SSSR count). The smallest absolute Gasteiger partial charge is 0.340 e. The van der Waals surface area contributed by atoms with Crippen molar-refractivity contribution in [3.05, 3.63) is 35.3 Å². The molecule has 0 saturated heterocycles. The standard InChI is InChI=1S/C14H16N4O2S/c1-8-11(14(19)20)13(17-12(16-8)9-3-4-9)21-6-10-5-15-7-18(10)2/h5,7,9H,3-4,6H2,1-2H3,(H,19,20). The monoisotopic (exact) mass is 304 g/mol. The highest BCUT2D eigenvalue weighted by Gasteiger charge is 2.29. The number of aromatic nitrogens is 4. The molecule has 21 heavy (non-hydrogen) atoms. The van der Waals surface area contributed by atoms with E-state index in [0.29, 0.717) is 22.4 Å². The summed E-state index contributed by atoms with van der Waals surface area (Å²) in [6.45, 7) is 1.74. The van der Waals surface area contributed by atoms with Gasteiger partial charge < -0.3 is 9.67 Å². The van der Waals surface area contributed by atoms with E-state index in [2.05, 4.69) is 15.0 Å². The van der Waals surface area contributed by atoms with Crippen LogP contribution in [0.15, 0.2) is 17.6 Å². The summed E-state index contributed by atoms with van der Waals surface area (Å²) in [5.41, 5.74) is 1.79. The van der Waals surface area contributed by atoms with Gasteiger partial charge in [0.05, 0.1) is 12.0 Å². The maximum Gasteiger partial charge on any atom is 0.340 e. The Labute approximate surface area is 126 Å². The fourth-order valence-electron chi connectivity index (χ4n) is 2.11. The van der Waals surface area contributed by atoms with Crippen LogP contribution in [0.1, 0.15) is 46.3 Å². The van der Waals surface area contributed by atoms with Crippen LogP contribution in [0.4, 0.5) is 0 Å². The number of hydrogen-bond donors (Lipinski definition) is 1. The summed E-state index contributed by atoms with van der Waals surface area (Å²) in [5, 5.41) is 9.95. The van der Waals surface area contributed by atoms with Gasteiger partial charge in [-0.3, -0.25) is 0 Å². The second-order valence-electron chi connectivity index (χ2n) is 5.21. The molecule has 1 aliphatic rings. The maximum atomic E-state index is 11.5. The van der Waals surface area contributed by atoms with Crippen molar-refractivity contribution in [3.8, 4) is 0 Å². The lowest BCUT2D eigenvalue weighted by Crippen LogP contribution is -2.09. The Kier molecular flexibility index (Phi) is 3.67. The van der Waals surface area contributed by atoms with Gasteiger partial charge in [0.15, 0.2) is 0 Å². The van der Waals surface area contributed by atoms with Gasteiger partial charge in [-0.2, -0.15) is 0 Å². The highest BCUT2D eigenvalue weighted by Crippen LogP contribution is 2.39. The van der Waals surface area contributed by atoms with Gasteiger partial charge in [-0.05, 0) is 19.8 Å². The minimum atomic E-state index is -0.970. The Morgan fingerprint density at radius 2 is 2.24 bits per heavy atom. The van der Waals surface area contributed by atoms with Crippen molar-refractivity contribution in [2.24, 2.45) is 7.05 Å². The quantitative estimate of drug-likeness (QED) is 0.675. The molecule has 0 amide bonds. The van der Waals surface area contributed by atoms with Gasteiger partial charge in [0, 0.05) is 30.6 Å². The van der Waals surface area contributed by atoms with Crippen molar-refractivity contribution in [2.75, 3.05) is 0 Å². The van der Waals surface area contributed by atoms with Crippen molar-refractivity contribution in [1.82, 2.24) is 19.5 Å². The molecule has 0 aromatic carbocycles. The van der Waals surface area contributed by atoms with Crippen molar-refractivity contribution in [2.45, 2.75) is 36.5 Å². The van der Waals surface area contributed by atoms with Crippen LogP contribution in [-0.2, 0) is 12.8 Å². The Balaban J connectivity index is 1.91. The molecular formula is C14H16N4O2S. The minimum absolute atomic E-state index is 0.214. The molecular weight excluding hydrogens is 288 g/mol. The molecule has 1 N–H and O–H groups in total. The maximum absolute atomic E-state index is 11.5. The molecule has 2 aromatic heterocycles. The SMILES string of the molecule is Cc1nc(C2CC2)nc(SCc2cncn2C)c1C(=O)O. The normalized spacial score (nSPS) is 14.4. The van der Waals surface area contributed by atoms with E-state index in [1.807, 2.05) is 11.6 Å². The van der Waals surface area contributed by atoms with Crippen LogP contribution >= 0.6 is 11.8 Å². The number of thioether (sulfide) groups is 1. The third kappa shape index (κ3) is 2.92. The summed E-state index contributed by atoms with van der Waals surface area (Å²) in [5.74, 6) is 0.854. The summed E-state index contributed by atoms with van der Waals surface area (Å²) >= 11 is 1.43. The fraction of sp³-hybridized carbons (Fsp3) is 0.429. The molecule has 0 radical (unpaired) electrons. The van der Waals surface area contributed by atoms with Gasteiger partial charge in [0.1, 0.15) is 16.4 Å². The molecule has 1 aliphatic carbocycles. The lowest BCUT2D eigenvalue weighted by Gasteiger charge is -2.10. The molecule has 1 fully saturated rings. The number of rotatable bonds is 5. The van der Waals surface area contributed by atoms with E-state index in [0.717, 1.165) is 24.4 Å². The van der Waals surface area contributed by atoms with Crippen molar-refractivity contribution < 1.29 is 9.90 Å². The Bertz CT molecular complexity index is 694. The summed E-state index contributed by atoms with van der Waals surface area (Å²) in [4.78, 5) is 24.4. The van der Waals surface area contributed by atoms with E-state index in [4.69, 9.17) is 0 Å². The number of imidazole rings is 1. The van der Waals surface area contributed by atoms with Gasteiger partial charge in [-0.1, -0.05) is 11.8 Å². The summed E-state index contributed by atoms with van der Waals surface area (Å²) < 4.78 is 1.92. The fourth-order valence-corrected chi connectivity index (χ4v) is 3.21. The predicted molar refractivity (Wildman–Crippen MR) is 78.5 cm³/mol. The first-order valence-electron chi connectivity index (χ1n) is 6.76. The molecule has 2 heterocycles. The zero-order valence-corrected chi connectivity index (χ0v) is 12.7. The first-order valence-corrected chi connectivity index (χ1v) is 7.74. The van der Waals surface area contributed by atoms with Crippen LogP contribution in [0.2, 0.25) is 0 Å². The first kappa shape index (κ1) is 14.1. The molecule has 110 valence electrons. The summed E-state index contributed by atoms with van der Waals surface area (Å²) in [7, 11) is 1.92. The third-order valence-electron chi connectivity index (χ3n) is 3.50. The van der Waals surface area contributed by atoms with Gasteiger partial charge in [0.2, 0.25) is 0 Å². The number of carbonyl (C=O) groups is 1. The molecule has 0 bridgehead atoms. The second-order valence-corrected chi connectivity index (χ2v) is 6.18. The van der Waals surface area contributed by atoms with E-state index >= 15 is 0 Å². The Morgan fingerprint density at radius 1 is 1.48 bits per heavy atom. The zero-order valence-electron chi connectivity index (χ0n) is 11.9. The Morgan fingerprint density at radius 3 is 2.81 bits per heavy atom. The average Bonchev–Trinajstić information content (AvgIpc) is 3.19. The first-order chi connectivity index (χ1) is 10.1. The van der Waals surface area contributed by atoms with Crippen molar-refractivity contribution in [3.63, 3.8) is 0 Å². The zero-order chi connectivity index (χ0) is 15.0. The lowest BCUT2D eigenvalue weighted by molar-refractivity contribution is 0.0690. The van der Waals surface area contributed by atoms with Crippen LogP contribution in [0.5, 0.6) is 0 Å². The minimum Gasteiger partial charge on any atom is -0.478 e. The van der Waals surface area contributed by atoms with Gasteiger partial charge in [-0.15, -0.1) is 0 Å². The van der Waals surface area contributed by atoms with Crippen molar-refractivity contribution in [1.29, 1.82) is 0 Å². The van der Waals surface area contributed by atoms with Gasteiger partial charge in [0.25, 0.3) is 0 Å². The van der Waals surface area contributed by atoms with E-state index < -0.39 is 5.97 Å². The van der Waals surface area contributed by atoms with Crippen LogP contribution < -0.4 is 0 Å². The number of aromatic carboxylic acids is 1. The number of carboxylic acid groups (broad SMARTS) is 1. The molecule has 2 aromatic rings. The number of carboxylic acids is 1. The highest BCUT2D eigenvalue weighted by molar-refractivity contribution is 7.98. The van der Waals surface area contributed by atoms with E-state index in [1.54, 1.807) is 19.4 Å². The van der Waals surface area contributed by atoms with Crippen LogP contribution in [-0.4, -0.2) is 30.6 Å². The average molecular weight is 304 g/mol. The summed E-state index contributed by atoms with van der Waals surface area (Å²) in [6.07, 6.45) is 5.70. The van der Waals surface area contributed by atoms with Crippen molar-refractivity contribution >= 4 is 17.7 Å². The second kappa shape index (κ2) is 5.48. The van der Waals surface area contributed by atoms with E-state index in [-0.39, 0.29) is 5.56 Å². The Hall–Kier alpha value is -1.89. The molecule has 0 spiro atoms. The molecule has 0 unspecified atom stereocenters. The molecule has 6 nitrogen and oxygen atoms in total. The molecule has 1 saturated carbocycles. The molecule has 7 heteroatoms. The topological polar surface area (TPSA) is 80.9 Å². The number of nitrogens with zero attached hydrogens (tertiary/aromatic N) is 4. The van der Waals surface area contributed by atoms with E-state index in [1.165, 1.54) is 11.8 Å². The predicted octanol–water partition coefficient (Wildman–Crippen LogP) is 2.39.